The van der Waals surface area contributed by atoms with Crippen LogP contribution in [0.4, 0.5) is 0 Å². The Morgan fingerprint density at radius 2 is 1.70 bits per heavy atom. The van der Waals surface area contributed by atoms with Crippen molar-refractivity contribution in [1.82, 2.24) is 4.90 Å². The monoisotopic (exact) mass is 306 g/mol. The minimum atomic E-state index is 0.292. The molecule has 0 amide bonds. The van der Waals surface area contributed by atoms with Gasteiger partial charge in [-0.2, -0.15) is 5.26 Å². The van der Waals surface area contributed by atoms with Gasteiger partial charge in [0.05, 0.1) is 23.8 Å². The summed E-state index contributed by atoms with van der Waals surface area (Å²) in [6.07, 6.45) is 0.584. The topological polar surface area (TPSA) is 36.3 Å². The quantitative estimate of drug-likeness (QED) is 0.864. The molecular formula is C20H22N2O. The predicted octanol–water partition coefficient (Wildman–Crippen LogP) is 3.83. The number of hydrogen-bond donors (Lipinski definition) is 0. The summed E-state index contributed by atoms with van der Waals surface area (Å²) in [7, 11) is 0. The standard InChI is InChI=1S/C20H22N2O/c1-15-12-22(13-16(2)23-15)14-17-7-9-18(10-8-17)20-6-4-3-5-19(20)11-21/h3-10,15-16H,12-14H2,1-2H3/t15-,16+. The Labute approximate surface area is 138 Å². The van der Waals surface area contributed by atoms with Gasteiger partial charge in [0.2, 0.25) is 0 Å². The SMILES string of the molecule is C[C@@H]1CN(Cc2ccc(-c3ccccc3C#N)cc2)C[C@H](C)O1. The molecule has 118 valence electrons. The van der Waals surface area contributed by atoms with E-state index in [1.54, 1.807) is 0 Å². The van der Waals surface area contributed by atoms with Crippen molar-refractivity contribution in [2.45, 2.75) is 32.6 Å². The summed E-state index contributed by atoms with van der Waals surface area (Å²) in [4.78, 5) is 2.44. The van der Waals surface area contributed by atoms with Crippen molar-refractivity contribution in [1.29, 1.82) is 5.26 Å². The summed E-state index contributed by atoms with van der Waals surface area (Å²) in [5.41, 5.74) is 4.10. The van der Waals surface area contributed by atoms with Gasteiger partial charge >= 0.3 is 0 Å². The molecule has 0 spiro atoms. The van der Waals surface area contributed by atoms with Gasteiger partial charge < -0.3 is 4.74 Å². The number of nitrogens with zero attached hydrogens (tertiary/aromatic N) is 2. The highest BCUT2D eigenvalue weighted by Crippen LogP contribution is 2.24. The molecule has 2 atom stereocenters. The molecule has 3 nitrogen and oxygen atoms in total. The van der Waals surface area contributed by atoms with Crippen LogP contribution in [0.3, 0.4) is 0 Å². The lowest BCUT2D eigenvalue weighted by atomic mass is 9.99. The fraction of sp³-hybridized carbons (Fsp3) is 0.350. The summed E-state index contributed by atoms with van der Waals surface area (Å²) in [6.45, 7) is 7.15. The molecule has 0 unspecified atom stereocenters. The summed E-state index contributed by atoms with van der Waals surface area (Å²) in [6, 6.07) is 18.5. The Morgan fingerprint density at radius 3 is 2.35 bits per heavy atom. The van der Waals surface area contributed by atoms with Crippen LogP contribution in [0.25, 0.3) is 11.1 Å². The molecule has 0 aliphatic carbocycles. The van der Waals surface area contributed by atoms with Crippen LogP contribution in [0, 0.1) is 11.3 Å². The largest absolute Gasteiger partial charge is 0.373 e. The van der Waals surface area contributed by atoms with E-state index in [1.165, 1.54) is 5.56 Å². The van der Waals surface area contributed by atoms with Crippen LogP contribution in [0.2, 0.25) is 0 Å². The van der Waals surface area contributed by atoms with Crippen molar-refractivity contribution in [3.8, 4) is 17.2 Å². The Morgan fingerprint density at radius 1 is 1.04 bits per heavy atom. The maximum atomic E-state index is 9.23. The van der Waals surface area contributed by atoms with Gasteiger partial charge in [0, 0.05) is 19.6 Å². The molecule has 3 rings (SSSR count). The van der Waals surface area contributed by atoms with Gasteiger partial charge in [0.15, 0.2) is 0 Å². The summed E-state index contributed by atoms with van der Waals surface area (Å²) >= 11 is 0. The van der Waals surface area contributed by atoms with E-state index in [4.69, 9.17) is 4.74 Å². The highest BCUT2D eigenvalue weighted by molar-refractivity contribution is 5.70. The van der Waals surface area contributed by atoms with E-state index < -0.39 is 0 Å². The Bertz CT molecular complexity index is 692. The van der Waals surface area contributed by atoms with E-state index in [0.717, 1.165) is 36.3 Å². The van der Waals surface area contributed by atoms with Crippen molar-refractivity contribution in [3.63, 3.8) is 0 Å². The van der Waals surface area contributed by atoms with Gasteiger partial charge in [-0.1, -0.05) is 42.5 Å². The third-order valence-corrected chi connectivity index (χ3v) is 4.21. The molecule has 2 aromatic rings. The smallest absolute Gasteiger partial charge is 0.0998 e. The maximum absolute atomic E-state index is 9.23. The second-order valence-corrected chi connectivity index (χ2v) is 6.31. The summed E-state index contributed by atoms with van der Waals surface area (Å²) < 4.78 is 5.78. The molecule has 3 heteroatoms. The number of hydrogen-bond acceptors (Lipinski definition) is 3. The van der Waals surface area contributed by atoms with Gasteiger partial charge in [0.25, 0.3) is 0 Å². The van der Waals surface area contributed by atoms with Gasteiger partial charge in [-0.05, 0) is 36.6 Å². The molecule has 0 aromatic heterocycles. The molecule has 1 aliphatic rings. The van der Waals surface area contributed by atoms with E-state index in [1.807, 2.05) is 24.3 Å². The van der Waals surface area contributed by atoms with Crippen LogP contribution in [0.5, 0.6) is 0 Å². The molecule has 0 radical (unpaired) electrons. The Balaban J connectivity index is 1.74. The van der Waals surface area contributed by atoms with Crippen molar-refractivity contribution in [2.75, 3.05) is 13.1 Å². The zero-order valence-corrected chi connectivity index (χ0v) is 13.7. The predicted molar refractivity (Wildman–Crippen MR) is 91.9 cm³/mol. The first kappa shape index (κ1) is 15.7. The zero-order chi connectivity index (χ0) is 16.2. The highest BCUT2D eigenvalue weighted by atomic mass is 16.5. The number of nitriles is 1. The zero-order valence-electron chi connectivity index (χ0n) is 13.7. The lowest BCUT2D eigenvalue weighted by molar-refractivity contribution is -0.0704. The van der Waals surface area contributed by atoms with Crippen molar-refractivity contribution >= 4 is 0 Å². The second-order valence-electron chi connectivity index (χ2n) is 6.31. The van der Waals surface area contributed by atoms with Crippen LogP contribution in [0.1, 0.15) is 25.0 Å². The lowest BCUT2D eigenvalue weighted by Gasteiger charge is -2.35. The molecule has 1 aliphatic heterocycles. The van der Waals surface area contributed by atoms with Gasteiger partial charge in [-0.15, -0.1) is 0 Å². The molecule has 0 saturated carbocycles. The first-order valence-corrected chi connectivity index (χ1v) is 8.12. The summed E-state index contributed by atoms with van der Waals surface area (Å²) in [5.74, 6) is 0. The van der Waals surface area contributed by atoms with Crippen LogP contribution in [-0.2, 0) is 11.3 Å². The highest BCUT2D eigenvalue weighted by Gasteiger charge is 2.21. The van der Waals surface area contributed by atoms with Crippen molar-refractivity contribution < 1.29 is 4.74 Å². The number of morpholine rings is 1. The van der Waals surface area contributed by atoms with Crippen LogP contribution >= 0.6 is 0 Å². The molecule has 2 aromatic carbocycles. The van der Waals surface area contributed by atoms with Gasteiger partial charge in [0.1, 0.15) is 0 Å². The minimum Gasteiger partial charge on any atom is -0.373 e. The van der Waals surface area contributed by atoms with E-state index in [2.05, 4.69) is 49.1 Å². The van der Waals surface area contributed by atoms with Crippen LogP contribution < -0.4 is 0 Å². The van der Waals surface area contributed by atoms with Crippen molar-refractivity contribution in [2.24, 2.45) is 0 Å². The van der Waals surface area contributed by atoms with Gasteiger partial charge in [-0.25, -0.2) is 0 Å². The molecule has 0 N–H and O–H groups in total. The first-order valence-electron chi connectivity index (χ1n) is 8.12. The lowest BCUT2D eigenvalue weighted by Crippen LogP contribution is -2.44. The Hall–Kier alpha value is -2.15. The first-order chi connectivity index (χ1) is 11.2. The van der Waals surface area contributed by atoms with E-state index in [9.17, 15) is 5.26 Å². The van der Waals surface area contributed by atoms with E-state index >= 15 is 0 Å². The molecule has 1 fully saturated rings. The second kappa shape index (κ2) is 6.95. The minimum absolute atomic E-state index is 0.292. The maximum Gasteiger partial charge on any atom is 0.0998 e. The summed E-state index contributed by atoms with van der Waals surface area (Å²) in [5, 5.41) is 9.23. The number of benzene rings is 2. The van der Waals surface area contributed by atoms with Crippen LogP contribution in [0.15, 0.2) is 48.5 Å². The normalized spacial score (nSPS) is 21.8. The molecule has 23 heavy (non-hydrogen) atoms. The number of rotatable bonds is 3. The van der Waals surface area contributed by atoms with E-state index in [0.29, 0.717) is 12.2 Å². The van der Waals surface area contributed by atoms with Crippen LogP contribution in [-0.4, -0.2) is 30.2 Å². The average molecular weight is 306 g/mol. The average Bonchev–Trinajstić information content (AvgIpc) is 2.54. The number of ether oxygens (including phenoxy) is 1. The molecule has 1 heterocycles. The third-order valence-electron chi connectivity index (χ3n) is 4.21. The fourth-order valence-corrected chi connectivity index (χ4v) is 3.29. The molecule has 0 bridgehead atoms. The van der Waals surface area contributed by atoms with Gasteiger partial charge in [-0.3, -0.25) is 4.90 Å². The fourth-order valence-electron chi connectivity index (χ4n) is 3.29. The Kier molecular flexibility index (Phi) is 4.76. The third kappa shape index (κ3) is 3.79. The van der Waals surface area contributed by atoms with Crippen molar-refractivity contribution in [3.05, 3.63) is 59.7 Å². The van der Waals surface area contributed by atoms with E-state index in [-0.39, 0.29) is 0 Å². The molecule has 1 saturated heterocycles. The molecular weight excluding hydrogens is 284 g/mol.